The minimum Gasteiger partial charge on any atom is -0.336 e. The van der Waals surface area contributed by atoms with E-state index in [1.54, 1.807) is 0 Å². The average Bonchev–Trinajstić information content (AvgIpc) is 2.97. The number of hydrogen-bond acceptors (Lipinski definition) is 2. The summed E-state index contributed by atoms with van der Waals surface area (Å²) in [4.78, 5) is 4.52. The van der Waals surface area contributed by atoms with Crippen molar-refractivity contribution in [1.82, 2.24) is 14.9 Å². The van der Waals surface area contributed by atoms with Crippen LogP contribution < -0.4 is 5.32 Å². The number of imidazole rings is 1. The topological polar surface area (TPSA) is 29.9 Å². The van der Waals surface area contributed by atoms with Gasteiger partial charge in [0.25, 0.3) is 0 Å². The van der Waals surface area contributed by atoms with Crippen LogP contribution in [0.2, 0.25) is 0 Å². The van der Waals surface area contributed by atoms with E-state index in [0.29, 0.717) is 0 Å². The van der Waals surface area contributed by atoms with Gasteiger partial charge in [0.1, 0.15) is 5.82 Å². The Balaban J connectivity index is 0.00000192. The maximum Gasteiger partial charge on any atom is 0.130 e. The van der Waals surface area contributed by atoms with Crippen molar-refractivity contribution in [2.75, 3.05) is 0 Å². The van der Waals surface area contributed by atoms with Gasteiger partial charge in [-0.05, 0) is 18.1 Å². The van der Waals surface area contributed by atoms with E-state index in [0.717, 1.165) is 12.4 Å². The zero-order chi connectivity index (χ0) is 15.4. The summed E-state index contributed by atoms with van der Waals surface area (Å²) in [6.07, 6.45) is 3.83. The molecule has 3 nitrogen and oxygen atoms in total. The van der Waals surface area contributed by atoms with Crippen LogP contribution in [0.15, 0.2) is 67.0 Å². The van der Waals surface area contributed by atoms with Gasteiger partial charge < -0.3 is 4.57 Å². The number of hydrogen-bond donors (Lipinski definition) is 1. The number of rotatable bonds is 5. The molecule has 0 amide bonds. The molecule has 3 rings (SSSR count). The number of nitrogens with one attached hydrogen (secondary N) is 1. The lowest BCUT2D eigenvalue weighted by atomic mass is 10.1. The fraction of sp³-hybridized carbons (Fsp3) is 0.211. The molecule has 0 aliphatic rings. The molecule has 0 saturated heterocycles. The van der Waals surface area contributed by atoms with Gasteiger partial charge in [-0.1, -0.05) is 60.2 Å². The highest BCUT2D eigenvalue weighted by Crippen LogP contribution is 2.20. The summed E-state index contributed by atoms with van der Waals surface area (Å²) in [5.74, 6) is 1.03. The summed E-state index contributed by atoms with van der Waals surface area (Å²) in [6, 6.07) is 19.2. The molecule has 0 radical (unpaired) electrons. The summed E-state index contributed by atoms with van der Waals surface area (Å²) >= 11 is 0. The van der Waals surface area contributed by atoms with Gasteiger partial charge in [0.2, 0.25) is 0 Å². The number of aromatic nitrogens is 2. The Kier molecular flexibility index (Phi) is 5.97. The van der Waals surface area contributed by atoms with Crippen molar-refractivity contribution >= 4 is 12.4 Å². The van der Waals surface area contributed by atoms with Crippen molar-refractivity contribution in [3.05, 3.63) is 89.5 Å². The van der Waals surface area contributed by atoms with Crippen molar-refractivity contribution in [3.63, 3.8) is 0 Å². The molecule has 1 N–H and O–H groups in total. The lowest BCUT2D eigenvalue weighted by Crippen LogP contribution is -2.24. The third kappa shape index (κ3) is 4.21. The first-order valence-corrected chi connectivity index (χ1v) is 7.55. The van der Waals surface area contributed by atoms with E-state index in [4.69, 9.17) is 0 Å². The summed E-state index contributed by atoms with van der Waals surface area (Å²) in [7, 11) is 2.03. The largest absolute Gasteiger partial charge is 0.336 e. The third-order valence-electron chi connectivity index (χ3n) is 3.88. The minimum atomic E-state index is 0. The maximum atomic E-state index is 4.52. The van der Waals surface area contributed by atoms with Crippen LogP contribution in [-0.4, -0.2) is 9.55 Å². The molecular weight excluding hydrogens is 306 g/mol. The molecule has 0 spiro atoms. The number of aryl methyl sites for hydroxylation is 2. The second-order valence-electron chi connectivity index (χ2n) is 5.61. The standard InChI is InChI=1S/C19H21N3.ClH/c1-15-8-10-16(11-9-15)14-21-18(17-6-4-3-5-7-17)19-20-12-13-22(19)2;/h3-13,18,21H,14H2,1-2H3;1H. The second kappa shape index (κ2) is 7.95. The van der Waals surface area contributed by atoms with Crippen molar-refractivity contribution in [2.24, 2.45) is 7.05 Å². The molecule has 1 aromatic heterocycles. The average molecular weight is 328 g/mol. The van der Waals surface area contributed by atoms with Gasteiger partial charge in [0.05, 0.1) is 6.04 Å². The van der Waals surface area contributed by atoms with Crippen LogP contribution in [-0.2, 0) is 13.6 Å². The van der Waals surface area contributed by atoms with Crippen molar-refractivity contribution < 1.29 is 0 Å². The molecule has 2 aromatic carbocycles. The van der Waals surface area contributed by atoms with Crippen LogP contribution >= 0.6 is 12.4 Å². The second-order valence-corrected chi connectivity index (χ2v) is 5.61. The molecular formula is C19H22ClN3. The summed E-state index contributed by atoms with van der Waals surface area (Å²) in [5, 5.41) is 3.63. The number of benzene rings is 2. The van der Waals surface area contributed by atoms with E-state index in [9.17, 15) is 0 Å². The highest BCUT2D eigenvalue weighted by Gasteiger charge is 2.17. The van der Waals surface area contributed by atoms with E-state index >= 15 is 0 Å². The Morgan fingerprint density at radius 3 is 2.35 bits per heavy atom. The third-order valence-corrected chi connectivity index (χ3v) is 3.88. The van der Waals surface area contributed by atoms with E-state index in [2.05, 4.69) is 70.3 Å². The summed E-state index contributed by atoms with van der Waals surface area (Å²) in [6.45, 7) is 2.92. The van der Waals surface area contributed by atoms with E-state index in [-0.39, 0.29) is 18.4 Å². The Morgan fingerprint density at radius 1 is 1.04 bits per heavy atom. The van der Waals surface area contributed by atoms with Gasteiger partial charge in [-0.3, -0.25) is 5.32 Å². The van der Waals surface area contributed by atoms with Crippen LogP contribution in [0.1, 0.15) is 28.6 Å². The van der Waals surface area contributed by atoms with E-state index in [1.165, 1.54) is 16.7 Å². The van der Waals surface area contributed by atoms with Gasteiger partial charge in [0.15, 0.2) is 0 Å². The van der Waals surface area contributed by atoms with Crippen molar-refractivity contribution in [1.29, 1.82) is 0 Å². The first kappa shape index (κ1) is 17.3. The molecule has 1 heterocycles. The SMILES string of the molecule is Cc1ccc(CNC(c2ccccc2)c2nccn2C)cc1.Cl. The highest BCUT2D eigenvalue weighted by atomic mass is 35.5. The Labute approximate surface area is 143 Å². The first-order valence-electron chi connectivity index (χ1n) is 7.55. The van der Waals surface area contributed by atoms with Gasteiger partial charge in [0, 0.05) is 26.0 Å². The van der Waals surface area contributed by atoms with Crippen molar-refractivity contribution in [2.45, 2.75) is 19.5 Å². The predicted octanol–water partition coefficient (Wildman–Crippen LogP) is 4.03. The Morgan fingerprint density at radius 2 is 1.74 bits per heavy atom. The van der Waals surface area contributed by atoms with Crippen LogP contribution in [0, 0.1) is 6.92 Å². The fourth-order valence-electron chi connectivity index (χ4n) is 2.58. The van der Waals surface area contributed by atoms with Gasteiger partial charge >= 0.3 is 0 Å². The van der Waals surface area contributed by atoms with E-state index < -0.39 is 0 Å². The molecule has 23 heavy (non-hydrogen) atoms. The van der Waals surface area contributed by atoms with Crippen molar-refractivity contribution in [3.8, 4) is 0 Å². The molecule has 0 aliphatic heterocycles. The zero-order valence-electron chi connectivity index (χ0n) is 13.4. The number of halogens is 1. The van der Waals surface area contributed by atoms with Gasteiger partial charge in [-0.2, -0.15) is 0 Å². The van der Waals surface area contributed by atoms with E-state index in [1.807, 2.05) is 25.5 Å². The normalized spacial score (nSPS) is 11.7. The Bertz CT molecular complexity index is 720. The first-order chi connectivity index (χ1) is 10.7. The molecule has 0 bridgehead atoms. The lowest BCUT2D eigenvalue weighted by molar-refractivity contribution is 0.558. The smallest absolute Gasteiger partial charge is 0.130 e. The molecule has 120 valence electrons. The Hall–Kier alpha value is -2.10. The summed E-state index contributed by atoms with van der Waals surface area (Å²) in [5.41, 5.74) is 3.79. The maximum absolute atomic E-state index is 4.52. The fourth-order valence-corrected chi connectivity index (χ4v) is 2.58. The van der Waals surface area contributed by atoms with Crippen LogP contribution in [0.4, 0.5) is 0 Å². The lowest BCUT2D eigenvalue weighted by Gasteiger charge is -2.19. The monoisotopic (exact) mass is 327 g/mol. The van der Waals surface area contributed by atoms with Gasteiger partial charge in [-0.15, -0.1) is 12.4 Å². The van der Waals surface area contributed by atoms with Crippen LogP contribution in [0.5, 0.6) is 0 Å². The highest BCUT2D eigenvalue weighted by molar-refractivity contribution is 5.85. The molecule has 4 heteroatoms. The molecule has 0 fully saturated rings. The minimum absolute atomic E-state index is 0. The zero-order valence-corrected chi connectivity index (χ0v) is 14.3. The molecule has 1 atom stereocenters. The van der Waals surface area contributed by atoms with Crippen LogP contribution in [0.3, 0.4) is 0 Å². The molecule has 3 aromatic rings. The quantitative estimate of drug-likeness (QED) is 0.766. The number of nitrogens with zero attached hydrogens (tertiary/aromatic N) is 2. The summed E-state index contributed by atoms with van der Waals surface area (Å²) < 4.78 is 2.07. The molecule has 0 aliphatic carbocycles. The van der Waals surface area contributed by atoms with Crippen LogP contribution in [0.25, 0.3) is 0 Å². The molecule has 0 saturated carbocycles. The van der Waals surface area contributed by atoms with Gasteiger partial charge in [-0.25, -0.2) is 4.98 Å². The molecule has 1 unspecified atom stereocenters. The predicted molar refractivity (Wildman–Crippen MR) is 96.8 cm³/mol.